The number of halogens is 2. The van der Waals surface area contributed by atoms with Gasteiger partial charge in [0.25, 0.3) is 5.91 Å². The molecule has 29 heavy (non-hydrogen) atoms. The van der Waals surface area contributed by atoms with Crippen LogP contribution in [0.1, 0.15) is 21.5 Å². The molecule has 0 atom stereocenters. The van der Waals surface area contributed by atoms with E-state index in [9.17, 15) is 4.79 Å². The number of amides is 1. The Labute approximate surface area is 182 Å². The van der Waals surface area contributed by atoms with Gasteiger partial charge in [0.1, 0.15) is 6.61 Å². The number of nitrogens with one attached hydrogen (secondary N) is 1. The van der Waals surface area contributed by atoms with Crippen molar-refractivity contribution < 1.29 is 14.3 Å². The van der Waals surface area contributed by atoms with E-state index < -0.39 is 0 Å². The van der Waals surface area contributed by atoms with E-state index in [0.717, 1.165) is 11.1 Å². The number of nitrogens with zero attached hydrogens (tertiary/aromatic N) is 1. The molecule has 0 spiro atoms. The van der Waals surface area contributed by atoms with Crippen LogP contribution in [-0.4, -0.2) is 19.2 Å². The van der Waals surface area contributed by atoms with Crippen molar-refractivity contribution in [2.75, 3.05) is 7.11 Å². The molecule has 7 heteroatoms. The van der Waals surface area contributed by atoms with Crippen LogP contribution in [0.2, 0.25) is 5.02 Å². The highest BCUT2D eigenvalue weighted by atomic mass is 79.9. The Bertz CT molecular complexity index is 1030. The SMILES string of the molecule is COc1cc(/C=N/NC(=O)c2ccccc2Cl)cc(Br)c1OCc1ccccc1. The molecule has 0 unspecified atom stereocenters. The van der Waals surface area contributed by atoms with Gasteiger partial charge in [-0.1, -0.05) is 54.1 Å². The highest BCUT2D eigenvalue weighted by Crippen LogP contribution is 2.36. The van der Waals surface area contributed by atoms with E-state index in [1.807, 2.05) is 36.4 Å². The lowest BCUT2D eigenvalue weighted by Gasteiger charge is -2.13. The van der Waals surface area contributed by atoms with Crippen LogP contribution in [0.15, 0.2) is 76.3 Å². The highest BCUT2D eigenvalue weighted by Gasteiger charge is 2.12. The van der Waals surface area contributed by atoms with Crippen LogP contribution in [0.5, 0.6) is 11.5 Å². The minimum Gasteiger partial charge on any atom is -0.493 e. The standard InChI is InChI=1S/C22H18BrClN2O3/c1-28-20-12-16(13-25-26-22(27)17-9-5-6-10-19(17)24)11-18(23)21(20)29-14-15-7-3-2-4-8-15/h2-13H,14H2,1H3,(H,26,27)/b25-13+. The number of carbonyl (C=O) groups excluding carboxylic acids is 1. The number of hydrogen-bond acceptors (Lipinski definition) is 4. The van der Waals surface area contributed by atoms with Gasteiger partial charge in [-0.3, -0.25) is 4.79 Å². The van der Waals surface area contributed by atoms with Gasteiger partial charge < -0.3 is 9.47 Å². The molecule has 0 radical (unpaired) electrons. The second-order valence-corrected chi connectivity index (χ2v) is 7.25. The average Bonchev–Trinajstić information content (AvgIpc) is 2.73. The smallest absolute Gasteiger partial charge is 0.272 e. The number of benzene rings is 3. The van der Waals surface area contributed by atoms with E-state index in [-0.39, 0.29) is 5.91 Å². The van der Waals surface area contributed by atoms with Crippen LogP contribution in [0.4, 0.5) is 0 Å². The lowest BCUT2D eigenvalue weighted by atomic mass is 10.2. The first-order chi connectivity index (χ1) is 14.1. The molecule has 3 aromatic rings. The fourth-order valence-electron chi connectivity index (χ4n) is 2.56. The molecule has 0 aromatic heterocycles. The largest absolute Gasteiger partial charge is 0.493 e. The summed E-state index contributed by atoms with van der Waals surface area (Å²) >= 11 is 9.53. The maximum absolute atomic E-state index is 12.2. The number of methoxy groups -OCH3 is 1. The summed E-state index contributed by atoms with van der Waals surface area (Å²) < 4.78 is 12.1. The lowest BCUT2D eigenvalue weighted by Crippen LogP contribution is -2.17. The van der Waals surface area contributed by atoms with Crippen molar-refractivity contribution in [1.82, 2.24) is 5.43 Å². The fraction of sp³-hybridized carbons (Fsp3) is 0.0909. The monoisotopic (exact) mass is 472 g/mol. The molecule has 148 valence electrons. The van der Waals surface area contributed by atoms with Crippen molar-refractivity contribution in [1.29, 1.82) is 0 Å². The first-order valence-electron chi connectivity index (χ1n) is 8.70. The number of hydrogen-bond donors (Lipinski definition) is 1. The van der Waals surface area contributed by atoms with Crippen LogP contribution < -0.4 is 14.9 Å². The Hall–Kier alpha value is -2.83. The quantitative estimate of drug-likeness (QED) is 0.366. The maximum Gasteiger partial charge on any atom is 0.272 e. The van der Waals surface area contributed by atoms with Crippen molar-refractivity contribution in [3.63, 3.8) is 0 Å². The predicted octanol–water partition coefficient (Wildman–Crippen LogP) is 5.45. The molecule has 1 amide bonds. The summed E-state index contributed by atoms with van der Waals surface area (Å²) in [5.74, 6) is 0.753. The highest BCUT2D eigenvalue weighted by molar-refractivity contribution is 9.10. The van der Waals surface area contributed by atoms with Crippen LogP contribution in [0.3, 0.4) is 0 Å². The molecule has 0 saturated carbocycles. The number of rotatable bonds is 7. The molecule has 3 rings (SSSR count). The summed E-state index contributed by atoms with van der Waals surface area (Å²) in [6.45, 7) is 0.414. The van der Waals surface area contributed by atoms with Gasteiger partial charge in [0, 0.05) is 0 Å². The molecule has 5 nitrogen and oxygen atoms in total. The number of ether oxygens (including phenoxy) is 2. The summed E-state index contributed by atoms with van der Waals surface area (Å²) in [7, 11) is 1.57. The molecule has 0 bridgehead atoms. The topological polar surface area (TPSA) is 59.9 Å². The van der Waals surface area contributed by atoms with Gasteiger partial charge in [-0.15, -0.1) is 0 Å². The van der Waals surface area contributed by atoms with Gasteiger partial charge >= 0.3 is 0 Å². The van der Waals surface area contributed by atoms with Gasteiger partial charge in [-0.2, -0.15) is 5.10 Å². The van der Waals surface area contributed by atoms with Crippen LogP contribution >= 0.6 is 27.5 Å². The molecule has 0 fully saturated rings. The van der Waals surface area contributed by atoms with E-state index in [2.05, 4.69) is 26.5 Å². The summed E-state index contributed by atoms with van der Waals surface area (Å²) in [6, 6.07) is 20.2. The molecule has 0 aliphatic heterocycles. The minimum absolute atomic E-state index is 0.356. The molecular formula is C22H18BrClN2O3. The Balaban J connectivity index is 1.70. The maximum atomic E-state index is 12.2. The molecule has 0 saturated heterocycles. The third-order valence-corrected chi connectivity index (χ3v) is 4.89. The van der Waals surface area contributed by atoms with Gasteiger partial charge in [0.15, 0.2) is 11.5 Å². The predicted molar refractivity (Wildman–Crippen MR) is 118 cm³/mol. The Kier molecular flexibility index (Phi) is 7.27. The number of carbonyl (C=O) groups is 1. The van der Waals surface area contributed by atoms with Gasteiger partial charge in [-0.25, -0.2) is 5.43 Å². The van der Waals surface area contributed by atoms with Gasteiger partial charge in [-0.05, 0) is 51.3 Å². The molecule has 0 aliphatic carbocycles. The van der Waals surface area contributed by atoms with Crippen molar-refractivity contribution >= 4 is 39.7 Å². The summed E-state index contributed by atoms with van der Waals surface area (Å²) in [5, 5.41) is 4.36. The zero-order chi connectivity index (χ0) is 20.6. The lowest BCUT2D eigenvalue weighted by molar-refractivity contribution is 0.0955. The first kappa shape index (κ1) is 20.9. The van der Waals surface area contributed by atoms with E-state index in [1.54, 1.807) is 37.4 Å². The Morgan fingerprint density at radius 2 is 1.86 bits per heavy atom. The van der Waals surface area contributed by atoms with Crippen LogP contribution in [0, 0.1) is 0 Å². The zero-order valence-corrected chi connectivity index (χ0v) is 17.9. The Morgan fingerprint density at radius 1 is 1.14 bits per heavy atom. The van der Waals surface area contributed by atoms with E-state index in [4.69, 9.17) is 21.1 Å². The average molecular weight is 474 g/mol. The van der Waals surface area contributed by atoms with E-state index in [1.165, 1.54) is 6.21 Å². The van der Waals surface area contributed by atoms with Gasteiger partial charge in [0.05, 0.1) is 28.4 Å². The molecule has 0 heterocycles. The van der Waals surface area contributed by atoms with Crippen molar-refractivity contribution in [2.24, 2.45) is 5.10 Å². The minimum atomic E-state index is -0.388. The van der Waals surface area contributed by atoms with Crippen molar-refractivity contribution in [3.8, 4) is 11.5 Å². The van der Waals surface area contributed by atoms with E-state index >= 15 is 0 Å². The summed E-state index contributed by atoms with van der Waals surface area (Å²) in [5.41, 5.74) is 4.59. The third-order valence-electron chi connectivity index (χ3n) is 3.98. The molecule has 1 N–H and O–H groups in total. The number of hydrazone groups is 1. The molecule has 0 aliphatic rings. The normalized spacial score (nSPS) is 10.7. The second-order valence-electron chi connectivity index (χ2n) is 5.99. The fourth-order valence-corrected chi connectivity index (χ4v) is 3.35. The van der Waals surface area contributed by atoms with E-state index in [0.29, 0.717) is 33.2 Å². The summed E-state index contributed by atoms with van der Waals surface area (Å²) in [4.78, 5) is 12.2. The Morgan fingerprint density at radius 3 is 2.59 bits per heavy atom. The van der Waals surface area contributed by atoms with Gasteiger partial charge in [0.2, 0.25) is 0 Å². The first-order valence-corrected chi connectivity index (χ1v) is 9.87. The van der Waals surface area contributed by atoms with Crippen LogP contribution in [-0.2, 0) is 6.61 Å². The zero-order valence-electron chi connectivity index (χ0n) is 15.6. The van der Waals surface area contributed by atoms with Crippen molar-refractivity contribution in [2.45, 2.75) is 6.61 Å². The third kappa shape index (κ3) is 5.59. The molecular weight excluding hydrogens is 456 g/mol. The molecule has 3 aromatic carbocycles. The summed E-state index contributed by atoms with van der Waals surface area (Å²) in [6.07, 6.45) is 1.52. The second kappa shape index (κ2) is 10.1. The van der Waals surface area contributed by atoms with Crippen LogP contribution in [0.25, 0.3) is 0 Å². The van der Waals surface area contributed by atoms with Crippen molar-refractivity contribution in [3.05, 3.63) is 92.9 Å².